The monoisotopic (exact) mass is 252 g/mol. The third-order valence-electron chi connectivity index (χ3n) is 2.73. The zero-order valence-corrected chi connectivity index (χ0v) is 11.8. The van der Waals surface area contributed by atoms with E-state index in [2.05, 4.69) is 23.7 Å². The molecule has 1 atom stereocenters. The lowest BCUT2D eigenvalue weighted by Crippen LogP contribution is -2.31. The minimum absolute atomic E-state index is 0.463. The highest BCUT2D eigenvalue weighted by molar-refractivity contribution is 5.41. The van der Waals surface area contributed by atoms with Crippen LogP contribution in [0.5, 0.6) is 0 Å². The summed E-state index contributed by atoms with van der Waals surface area (Å²) >= 11 is 0. The van der Waals surface area contributed by atoms with Gasteiger partial charge in [0, 0.05) is 26.4 Å². The van der Waals surface area contributed by atoms with E-state index in [1.165, 1.54) is 0 Å². The number of aromatic nitrogens is 1. The van der Waals surface area contributed by atoms with Gasteiger partial charge >= 0.3 is 0 Å². The van der Waals surface area contributed by atoms with E-state index in [-0.39, 0.29) is 0 Å². The van der Waals surface area contributed by atoms with Gasteiger partial charge in [-0.15, -0.1) is 0 Å². The lowest BCUT2D eigenvalue weighted by atomic mass is 10.1. The molecule has 0 aromatic carbocycles. The lowest BCUT2D eigenvalue weighted by Gasteiger charge is -2.26. The fourth-order valence-electron chi connectivity index (χ4n) is 1.81. The summed E-state index contributed by atoms with van der Waals surface area (Å²) in [5, 5.41) is 9.62. The first-order valence-electron chi connectivity index (χ1n) is 6.42. The first kappa shape index (κ1) is 14.9. The van der Waals surface area contributed by atoms with Crippen molar-refractivity contribution in [1.29, 1.82) is 0 Å². The fourth-order valence-corrected chi connectivity index (χ4v) is 1.81. The molecule has 0 aliphatic heterocycles. The topological polar surface area (TPSA) is 45.6 Å². The molecule has 0 amide bonds. The second-order valence-corrected chi connectivity index (χ2v) is 4.96. The Hall–Kier alpha value is -1.13. The molecule has 1 aromatic heterocycles. The fraction of sp³-hybridized carbons (Fsp3) is 0.643. The van der Waals surface area contributed by atoms with Crippen LogP contribution < -0.4 is 4.90 Å². The summed E-state index contributed by atoms with van der Waals surface area (Å²) < 4.78 is 5.13. The first-order valence-corrected chi connectivity index (χ1v) is 6.42. The average Bonchev–Trinajstić information content (AvgIpc) is 2.34. The standard InChI is InChI=1S/C14H24N2O2/c1-11(2)10-16(7-8-18-4)14-9-13(12(3)17)5-6-15-14/h5-6,9,11-12,17H,7-8,10H2,1-4H3/t12-/m0/s1. The van der Waals surface area contributed by atoms with Crippen LogP contribution in [0.1, 0.15) is 32.4 Å². The van der Waals surface area contributed by atoms with Gasteiger partial charge in [-0.05, 0) is 30.5 Å². The van der Waals surface area contributed by atoms with Crippen molar-refractivity contribution in [3.05, 3.63) is 23.9 Å². The van der Waals surface area contributed by atoms with Crippen LogP contribution in [0.2, 0.25) is 0 Å². The van der Waals surface area contributed by atoms with Crippen LogP contribution in [-0.2, 0) is 4.74 Å². The van der Waals surface area contributed by atoms with Crippen LogP contribution in [0.25, 0.3) is 0 Å². The van der Waals surface area contributed by atoms with Gasteiger partial charge in [0.15, 0.2) is 0 Å². The predicted molar refractivity (Wildman–Crippen MR) is 73.8 cm³/mol. The van der Waals surface area contributed by atoms with Crippen molar-refractivity contribution in [3.8, 4) is 0 Å². The molecule has 4 heteroatoms. The molecule has 1 rings (SSSR count). The highest BCUT2D eigenvalue weighted by Gasteiger charge is 2.11. The van der Waals surface area contributed by atoms with Crippen LogP contribution >= 0.6 is 0 Å². The maximum absolute atomic E-state index is 9.62. The van der Waals surface area contributed by atoms with Crippen molar-refractivity contribution in [2.75, 3.05) is 31.7 Å². The van der Waals surface area contributed by atoms with Crippen molar-refractivity contribution < 1.29 is 9.84 Å². The number of nitrogens with zero attached hydrogens (tertiary/aromatic N) is 2. The number of aliphatic hydroxyl groups is 1. The largest absolute Gasteiger partial charge is 0.389 e. The Labute approximate surface area is 110 Å². The quantitative estimate of drug-likeness (QED) is 0.808. The Morgan fingerprint density at radius 3 is 2.67 bits per heavy atom. The highest BCUT2D eigenvalue weighted by Crippen LogP contribution is 2.18. The van der Waals surface area contributed by atoms with Crippen molar-refractivity contribution in [2.24, 2.45) is 5.92 Å². The number of anilines is 1. The highest BCUT2D eigenvalue weighted by atomic mass is 16.5. The van der Waals surface area contributed by atoms with Gasteiger partial charge < -0.3 is 14.7 Å². The summed E-state index contributed by atoms with van der Waals surface area (Å²) in [7, 11) is 1.70. The van der Waals surface area contributed by atoms with E-state index < -0.39 is 6.10 Å². The minimum atomic E-state index is -0.463. The summed E-state index contributed by atoms with van der Waals surface area (Å²) in [6.07, 6.45) is 1.28. The van der Waals surface area contributed by atoms with Gasteiger partial charge in [-0.3, -0.25) is 0 Å². The van der Waals surface area contributed by atoms with Gasteiger partial charge in [-0.1, -0.05) is 13.8 Å². The van der Waals surface area contributed by atoms with E-state index >= 15 is 0 Å². The van der Waals surface area contributed by atoms with Gasteiger partial charge in [-0.2, -0.15) is 0 Å². The van der Waals surface area contributed by atoms with Crippen LogP contribution in [0, 0.1) is 5.92 Å². The van der Waals surface area contributed by atoms with Crippen molar-refractivity contribution in [2.45, 2.75) is 26.9 Å². The maximum atomic E-state index is 9.62. The molecule has 0 bridgehead atoms. The second kappa shape index (κ2) is 7.34. The van der Waals surface area contributed by atoms with E-state index in [4.69, 9.17) is 4.74 Å². The molecule has 18 heavy (non-hydrogen) atoms. The molecule has 0 spiro atoms. The van der Waals surface area contributed by atoms with Gasteiger partial charge in [0.05, 0.1) is 12.7 Å². The average molecular weight is 252 g/mol. The van der Waals surface area contributed by atoms with Gasteiger partial charge in [0.1, 0.15) is 5.82 Å². The summed E-state index contributed by atoms with van der Waals surface area (Å²) in [5.74, 6) is 1.46. The molecule has 0 aliphatic carbocycles. The summed E-state index contributed by atoms with van der Waals surface area (Å²) in [5.41, 5.74) is 0.895. The van der Waals surface area contributed by atoms with Crippen molar-refractivity contribution >= 4 is 5.82 Å². The van der Waals surface area contributed by atoms with E-state index in [0.717, 1.165) is 24.5 Å². The predicted octanol–water partition coefficient (Wildman–Crippen LogP) is 2.24. The number of hydrogen-bond acceptors (Lipinski definition) is 4. The van der Waals surface area contributed by atoms with Crippen LogP contribution in [0.4, 0.5) is 5.82 Å². The molecule has 0 radical (unpaired) electrons. The van der Waals surface area contributed by atoms with Crippen molar-refractivity contribution in [1.82, 2.24) is 4.98 Å². The number of aliphatic hydroxyl groups excluding tert-OH is 1. The molecule has 4 nitrogen and oxygen atoms in total. The maximum Gasteiger partial charge on any atom is 0.128 e. The second-order valence-electron chi connectivity index (χ2n) is 4.96. The molecule has 0 saturated carbocycles. The number of rotatable bonds is 7. The Kier molecular flexibility index (Phi) is 6.09. The van der Waals surface area contributed by atoms with Gasteiger partial charge in [0.25, 0.3) is 0 Å². The van der Waals surface area contributed by atoms with E-state index in [1.807, 2.05) is 12.1 Å². The Morgan fingerprint density at radius 2 is 2.11 bits per heavy atom. The normalized spacial score (nSPS) is 12.8. The molecule has 0 saturated heterocycles. The smallest absolute Gasteiger partial charge is 0.128 e. The molecule has 0 unspecified atom stereocenters. The third-order valence-corrected chi connectivity index (χ3v) is 2.73. The van der Waals surface area contributed by atoms with E-state index in [0.29, 0.717) is 12.5 Å². The summed E-state index contributed by atoms with van der Waals surface area (Å²) in [6.45, 7) is 8.54. The molecule has 102 valence electrons. The SMILES string of the molecule is COCCN(CC(C)C)c1cc([C@H](C)O)ccn1. The number of hydrogen-bond donors (Lipinski definition) is 1. The number of pyridine rings is 1. The summed E-state index contributed by atoms with van der Waals surface area (Å²) in [4.78, 5) is 6.58. The zero-order chi connectivity index (χ0) is 13.5. The van der Waals surface area contributed by atoms with Crippen molar-refractivity contribution in [3.63, 3.8) is 0 Å². The third kappa shape index (κ3) is 4.63. The van der Waals surface area contributed by atoms with Gasteiger partial charge in [0.2, 0.25) is 0 Å². The molecule has 0 aliphatic rings. The molecule has 1 aromatic rings. The number of methoxy groups -OCH3 is 1. The van der Waals surface area contributed by atoms with E-state index in [9.17, 15) is 5.11 Å². The molecular weight excluding hydrogens is 228 g/mol. The molecular formula is C14H24N2O2. The minimum Gasteiger partial charge on any atom is -0.389 e. The van der Waals surface area contributed by atoms with Crippen LogP contribution in [0.3, 0.4) is 0 Å². The van der Waals surface area contributed by atoms with Crippen LogP contribution in [-0.4, -0.2) is 36.9 Å². The number of ether oxygens (including phenoxy) is 1. The lowest BCUT2D eigenvalue weighted by molar-refractivity contribution is 0.199. The first-order chi connectivity index (χ1) is 8.54. The molecule has 0 fully saturated rings. The van der Waals surface area contributed by atoms with E-state index in [1.54, 1.807) is 20.2 Å². The van der Waals surface area contributed by atoms with Crippen LogP contribution in [0.15, 0.2) is 18.3 Å². The molecule has 1 N–H and O–H groups in total. The Balaban J connectivity index is 2.85. The molecule has 1 heterocycles. The Morgan fingerprint density at radius 1 is 1.39 bits per heavy atom. The summed E-state index contributed by atoms with van der Waals surface area (Å²) in [6, 6.07) is 3.79. The Bertz CT molecular complexity index is 353. The zero-order valence-electron chi connectivity index (χ0n) is 11.8. The van der Waals surface area contributed by atoms with Gasteiger partial charge in [-0.25, -0.2) is 4.98 Å².